The molecule has 2 atom stereocenters. The van der Waals surface area contributed by atoms with E-state index in [0.717, 1.165) is 16.7 Å². The third-order valence-electron chi connectivity index (χ3n) is 7.61. The van der Waals surface area contributed by atoms with Gasteiger partial charge in [-0.2, -0.15) is 0 Å². The molecule has 3 aromatic rings. The smallest absolute Gasteiger partial charge is 0.303 e. The van der Waals surface area contributed by atoms with Gasteiger partial charge >= 0.3 is 5.97 Å². The lowest BCUT2D eigenvalue weighted by Gasteiger charge is -2.41. The molecule has 3 aromatic carbocycles. The highest BCUT2D eigenvalue weighted by molar-refractivity contribution is 5.98. The number of nitrogens with one attached hydrogen (secondary N) is 1. The van der Waals surface area contributed by atoms with Crippen LogP contribution in [0.2, 0.25) is 0 Å². The van der Waals surface area contributed by atoms with Crippen molar-refractivity contribution in [2.75, 3.05) is 11.9 Å². The lowest BCUT2D eigenvalue weighted by atomic mass is 9.82. The molecule has 1 heterocycles. The minimum Gasteiger partial charge on any atom is -0.481 e. The van der Waals surface area contributed by atoms with E-state index in [9.17, 15) is 18.8 Å². The summed E-state index contributed by atoms with van der Waals surface area (Å²) in [5, 5.41) is 12.1. The van der Waals surface area contributed by atoms with Gasteiger partial charge < -0.3 is 15.3 Å². The van der Waals surface area contributed by atoms with Crippen molar-refractivity contribution in [1.82, 2.24) is 4.90 Å². The number of carbonyl (C=O) groups is 3. The molecule has 6 nitrogen and oxygen atoms in total. The Morgan fingerprint density at radius 3 is 2.38 bits per heavy atom. The van der Waals surface area contributed by atoms with Crippen molar-refractivity contribution < 1.29 is 23.9 Å². The molecule has 1 aliphatic heterocycles. The van der Waals surface area contributed by atoms with Crippen LogP contribution >= 0.6 is 0 Å². The van der Waals surface area contributed by atoms with Gasteiger partial charge in [-0.1, -0.05) is 69.3 Å². The molecule has 1 saturated heterocycles. The third-order valence-corrected chi connectivity index (χ3v) is 7.61. The van der Waals surface area contributed by atoms with Crippen LogP contribution in [-0.4, -0.2) is 34.3 Å². The van der Waals surface area contributed by atoms with E-state index in [-0.39, 0.29) is 23.3 Å². The van der Waals surface area contributed by atoms with E-state index in [1.165, 1.54) is 6.07 Å². The first-order valence-electron chi connectivity index (χ1n) is 13.7. The molecule has 0 aliphatic carbocycles. The summed E-state index contributed by atoms with van der Waals surface area (Å²) in [6.07, 6.45) is 1.56. The van der Waals surface area contributed by atoms with E-state index < -0.39 is 29.7 Å². The van der Waals surface area contributed by atoms with Crippen LogP contribution in [0, 0.1) is 18.7 Å². The van der Waals surface area contributed by atoms with Gasteiger partial charge in [0.25, 0.3) is 5.91 Å². The van der Waals surface area contributed by atoms with Crippen LogP contribution in [0.3, 0.4) is 0 Å². The van der Waals surface area contributed by atoms with Crippen LogP contribution in [0.25, 0.3) is 0 Å². The van der Waals surface area contributed by atoms with Crippen LogP contribution in [0.1, 0.15) is 78.7 Å². The lowest BCUT2D eigenvalue weighted by molar-refractivity contribution is -0.137. The standard InChI is InChI=1S/C33H37FN2O4/c1-21-8-5-12-27(34)29(21)32(40)36-19-7-11-26(30(36)23-16-13-22(14-17-23)15-18-28(37)38)31(39)35-25-10-6-9-24(20-25)33(2,3)4/h5-6,8-10,12-14,16-17,20,26,30H,7,11,15,18-19H2,1-4H3,(H,35,39)(H,37,38)/t26-,30-/m0/s1. The number of likely N-dealkylation sites (tertiary alicyclic amines) is 1. The number of aliphatic carboxylic acids is 1. The second-order valence-electron chi connectivity index (χ2n) is 11.6. The molecule has 0 bridgehead atoms. The number of carboxylic acids is 1. The summed E-state index contributed by atoms with van der Waals surface area (Å²) in [6.45, 7) is 8.43. The van der Waals surface area contributed by atoms with Crippen LogP contribution in [0.15, 0.2) is 66.7 Å². The monoisotopic (exact) mass is 544 g/mol. The van der Waals surface area contributed by atoms with Crippen LogP contribution < -0.4 is 5.32 Å². The van der Waals surface area contributed by atoms with Crippen molar-refractivity contribution in [2.45, 2.75) is 64.8 Å². The molecular weight excluding hydrogens is 507 g/mol. The molecule has 1 aliphatic rings. The number of carboxylic acid groups (broad SMARTS) is 1. The molecule has 0 aromatic heterocycles. The summed E-state index contributed by atoms with van der Waals surface area (Å²) in [7, 11) is 0. The summed E-state index contributed by atoms with van der Waals surface area (Å²) in [5.74, 6) is -2.66. The minimum atomic E-state index is -0.874. The maximum atomic E-state index is 14.9. The molecule has 2 N–H and O–H groups in total. The Balaban J connectivity index is 1.70. The number of nitrogens with zero attached hydrogens (tertiary/aromatic N) is 1. The average Bonchev–Trinajstić information content (AvgIpc) is 2.91. The SMILES string of the molecule is Cc1cccc(F)c1C(=O)N1CCC[C@H](C(=O)Nc2cccc(C(C)(C)C)c2)[C@@H]1c1ccc(CCC(=O)O)cc1. The molecule has 210 valence electrons. The highest BCUT2D eigenvalue weighted by atomic mass is 19.1. The Kier molecular flexibility index (Phi) is 8.72. The zero-order valence-electron chi connectivity index (χ0n) is 23.5. The number of hydrogen-bond acceptors (Lipinski definition) is 3. The fraction of sp³-hybridized carbons (Fsp3) is 0.364. The van der Waals surface area contributed by atoms with E-state index in [1.807, 2.05) is 48.5 Å². The first-order valence-corrected chi connectivity index (χ1v) is 13.7. The van der Waals surface area contributed by atoms with Crippen LogP contribution in [-0.2, 0) is 21.4 Å². The maximum absolute atomic E-state index is 14.9. The quantitative estimate of drug-likeness (QED) is 0.347. The summed E-state index contributed by atoms with van der Waals surface area (Å²) in [6, 6.07) is 19.1. The Bertz CT molecular complexity index is 1370. The van der Waals surface area contributed by atoms with Crippen LogP contribution in [0.4, 0.5) is 10.1 Å². The van der Waals surface area contributed by atoms with Crippen molar-refractivity contribution in [1.29, 1.82) is 0 Å². The fourth-order valence-corrected chi connectivity index (χ4v) is 5.39. The normalized spacial score (nSPS) is 17.4. The van der Waals surface area contributed by atoms with E-state index in [4.69, 9.17) is 5.11 Å². The van der Waals surface area contributed by atoms with Crippen molar-refractivity contribution in [3.63, 3.8) is 0 Å². The number of anilines is 1. The molecule has 2 amide bonds. The molecule has 0 spiro atoms. The second kappa shape index (κ2) is 12.0. The van der Waals surface area contributed by atoms with Gasteiger partial charge in [-0.15, -0.1) is 0 Å². The number of benzene rings is 3. The number of halogens is 1. The van der Waals surface area contributed by atoms with Gasteiger partial charge in [0.2, 0.25) is 5.91 Å². The van der Waals surface area contributed by atoms with E-state index >= 15 is 0 Å². The van der Waals surface area contributed by atoms with Crippen molar-refractivity contribution in [3.05, 3.63) is 100 Å². The van der Waals surface area contributed by atoms with Gasteiger partial charge in [0.1, 0.15) is 5.82 Å². The number of rotatable bonds is 7. The number of piperidine rings is 1. The fourth-order valence-electron chi connectivity index (χ4n) is 5.39. The Labute approximate surface area is 235 Å². The number of amides is 2. The highest BCUT2D eigenvalue weighted by Crippen LogP contribution is 2.39. The molecule has 0 saturated carbocycles. The molecule has 7 heteroatoms. The number of hydrogen-bond donors (Lipinski definition) is 2. The average molecular weight is 545 g/mol. The van der Waals surface area contributed by atoms with E-state index in [2.05, 4.69) is 26.1 Å². The molecule has 1 fully saturated rings. The van der Waals surface area contributed by atoms with Gasteiger partial charge in [0.15, 0.2) is 0 Å². The summed E-state index contributed by atoms with van der Waals surface area (Å²) in [4.78, 5) is 40.3. The first-order chi connectivity index (χ1) is 19.0. The molecule has 4 rings (SSSR count). The predicted molar refractivity (Wildman–Crippen MR) is 154 cm³/mol. The molecule has 0 unspecified atom stereocenters. The lowest BCUT2D eigenvalue weighted by Crippen LogP contribution is -2.46. The van der Waals surface area contributed by atoms with Gasteiger partial charge in [0, 0.05) is 18.7 Å². The number of carbonyl (C=O) groups excluding carboxylic acids is 2. The van der Waals surface area contributed by atoms with Gasteiger partial charge in [-0.25, -0.2) is 4.39 Å². The Morgan fingerprint density at radius 1 is 1.02 bits per heavy atom. The Morgan fingerprint density at radius 2 is 1.73 bits per heavy atom. The summed E-state index contributed by atoms with van der Waals surface area (Å²) in [5.41, 5.74) is 3.86. The van der Waals surface area contributed by atoms with Gasteiger partial charge in [0.05, 0.1) is 17.5 Å². The molecular formula is C33H37FN2O4. The third kappa shape index (κ3) is 6.58. The Hall–Kier alpha value is -4.00. The van der Waals surface area contributed by atoms with Crippen molar-refractivity contribution in [2.24, 2.45) is 5.92 Å². The van der Waals surface area contributed by atoms with E-state index in [0.29, 0.717) is 37.1 Å². The van der Waals surface area contributed by atoms with Crippen LogP contribution in [0.5, 0.6) is 0 Å². The zero-order chi connectivity index (χ0) is 29.0. The van der Waals surface area contributed by atoms with Gasteiger partial charge in [-0.3, -0.25) is 14.4 Å². The topological polar surface area (TPSA) is 86.7 Å². The van der Waals surface area contributed by atoms with E-state index in [1.54, 1.807) is 24.0 Å². The zero-order valence-corrected chi connectivity index (χ0v) is 23.5. The summed E-state index contributed by atoms with van der Waals surface area (Å²) < 4.78 is 14.9. The van der Waals surface area contributed by atoms with Gasteiger partial charge in [-0.05, 0) is 72.1 Å². The second-order valence-corrected chi connectivity index (χ2v) is 11.6. The largest absolute Gasteiger partial charge is 0.481 e. The summed E-state index contributed by atoms with van der Waals surface area (Å²) >= 11 is 0. The highest BCUT2D eigenvalue weighted by Gasteiger charge is 2.40. The minimum absolute atomic E-state index is 0.0125. The predicted octanol–water partition coefficient (Wildman–Crippen LogP) is 6.68. The molecule has 40 heavy (non-hydrogen) atoms. The first kappa shape index (κ1) is 29.0. The van der Waals surface area contributed by atoms with Crippen molar-refractivity contribution in [3.8, 4) is 0 Å². The van der Waals surface area contributed by atoms with Crippen molar-refractivity contribution >= 4 is 23.5 Å². The number of aryl methyl sites for hydroxylation is 2. The maximum Gasteiger partial charge on any atom is 0.303 e. The molecule has 0 radical (unpaired) electrons.